The first-order valence-corrected chi connectivity index (χ1v) is 8.21. The van der Waals surface area contributed by atoms with Gasteiger partial charge in [0.05, 0.1) is 12.5 Å². The summed E-state index contributed by atoms with van der Waals surface area (Å²) in [6.07, 6.45) is 1.35. The lowest BCUT2D eigenvalue weighted by Crippen LogP contribution is -2.45. The Balaban J connectivity index is 1.60. The molecular weight excluding hydrogens is 286 g/mol. The van der Waals surface area contributed by atoms with Crippen LogP contribution in [0.1, 0.15) is 11.3 Å². The molecule has 1 aromatic heterocycles. The first kappa shape index (κ1) is 14.5. The highest BCUT2D eigenvalue weighted by molar-refractivity contribution is 7.10. The fraction of sp³-hybridized carbons (Fsp3) is 0.600. The molecule has 2 unspecified atom stereocenters. The lowest BCUT2D eigenvalue weighted by Gasteiger charge is -2.25. The summed E-state index contributed by atoms with van der Waals surface area (Å²) in [5, 5.41) is 4.73. The molecule has 0 bridgehead atoms. The molecule has 2 aliphatic heterocycles. The van der Waals surface area contributed by atoms with Crippen molar-refractivity contribution in [1.29, 1.82) is 0 Å². The Morgan fingerprint density at radius 3 is 2.86 bits per heavy atom. The van der Waals surface area contributed by atoms with Gasteiger partial charge in [0, 0.05) is 31.1 Å². The Kier molecular flexibility index (Phi) is 3.99. The van der Waals surface area contributed by atoms with Crippen LogP contribution in [-0.4, -0.2) is 60.9 Å². The maximum Gasteiger partial charge on any atom is 0.237 e. The van der Waals surface area contributed by atoms with Gasteiger partial charge in [0.2, 0.25) is 11.8 Å². The van der Waals surface area contributed by atoms with E-state index in [0.717, 1.165) is 24.4 Å². The molecule has 0 saturated carbocycles. The van der Waals surface area contributed by atoms with Crippen LogP contribution in [0.5, 0.6) is 0 Å². The molecule has 3 rings (SSSR count). The molecule has 3 heterocycles. The van der Waals surface area contributed by atoms with Gasteiger partial charge in [-0.3, -0.25) is 14.5 Å². The largest absolute Gasteiger partial charge is 0.358 e. The van der Waals surface area contributed by atoms with E-state index >= 15 is 0 Å². The Morgan fingerprint density at radius 2 is 2.24 bits per heavy atom. The van der Waals surface area contributed by atoms with Crippen LogP contribution in [-0.2, 0) is 16.0 Å². The van der Waals surface area contributed by atoms with E-state index in [4.69, 9.17) is 0 Å². The summed E-state index contributed by atoms with van der Waals surface area (Å²) in [5.41, 5.74) is 0. The SMILES string of the molecule is CNC(=O)[C@H]1CC2CN(C(=O)Cc3cccs3)CC2N1C. The molecule has 5 nitrogen and oxygen atoms in total. The Labute approximate surface area is 128 Å². The minimum absolute atomic E-state index is 0.0421. The molecule has 1 N–H and O–H groups in total. The third-order valence-electron chi connectivity index (χ3n) is 4.75. The van der Waals surface area contributed by atoms with Crippen LogP contribution in [0.2, 0.25) is 0 Å². The summed E-state index contributed by atoms with van der Waals surface area (Å²) in [5.74, 6) is 0.713. The van der Waals surface area contributed by atoms with Crippen LogP contribution < -0.4 is 5.32 Å². The summed E-state index contributed by atoms with van der Waals surface area (Å²) in [7, 11) is 3.68. The molecule has 0 radical (unpaired) electrons. The zero-order chi connectivity index (χ0) is 15.0. The maximum atomic E-state index is 12.4. The van der Waals surface area contributed by atoms with Gasteiger partial charge < -0.3 is 10.2 Å². The van der Waals surface area contributed by atoms with Gasteiger partial charge in [-0.25, -0.2) is 0 Å². The molecule has 2 amide bonds. The number of amides is 2. The number of carbonyl (C=O) groups excluding carboxylic acids is 2. The van der Waals surface area contributed by atoms with E-state index in [1.165, 1.54) is 0 Å². The second-order valence-corrected chi connectivity index (χ2v) is 6.95. The fourth-order valence-corrected chi connectivity index (χ4v) is 4.26. The van der Waals surface area contributed by atoms with Crippen molar-refractivity contribution in [3.05, 3.63) is 22.4 Å². The minimum atomic E-state index is -0.0421. The van der Waals surface area contributed by atoms with Crippen LogP contribution >= 0.6 is 11.3 Å². The molecule has 0 aromatic carbocycles. The van der Waals surface area contributed by atoms with Gasteiger partial charge in [-0.2, -0.15) is 0 Å². The number of fused-ring (bicyclic) bond motifs is 1. The average molecular weight is 307 g/mol. The van der Waals surface area contributed by atoms with Crippen LogP contribution in [0.4, 0.5) is 0 Å². The second kappa shape index (κ2) is 5.77. The van der Waals surface area contributed by atoms with Crippen molar-refractivity contribution in [1.82, 2.24) is 15.1 Å². The standard InChI is InChI=1S/C15H21N3O2S/c1-16-15(20)12-6-10-8-18(9-13(10)17(12)2)14(19)7-11-4-3-5-21-11/h3-5,10,12-13H,6-9H2,1-2H3,(H,16,20)/t10?,12-,13?/m1/s1. The van der Waals surface area contributed by atoms with E-state index in [1.807, 2.05) is 29.5 Å². The van der Waals surface area contributed by atoms with Crippen LogP contribution in [0.25, 0.3) is 0 Å². The lowest BCUT2D eigenvalue weighted by atomic mass is 10.0. The Hall–Kier alpha value is -1.40. The van der Waals surface area contributed by atoms with Crippen molar-refractivity contribution in [3.63, 3.8) is 0 Å². The van der Waals surface area contributed by atoms with Crippen molar-refractivity contribution in [2.75, 3.05) is 27.2 Å². The summed E-state index contributed by atoms with van der Waals surface area (Å²) in [6, 6.07) is 4.26. The van der Waals surface area contributed by atoms with Crippen molar-refractivity contribution >= 4 is 23.2 Å². The molecule has 0 spiro atoms. The first-order chi connectivity index (χ1) is 10.1. The Morgan fingerprint density at radius 1 is 1.43 bits per heavy atom. The highest BCUT2D eigenvalue weighted by Crippen LogP contribution is 2.34. The molecule has 6 heteroatoms. The molecule has 114 valence electrons. The van der Waals surface area contributed by atoms with Gasteiger partial charge in [-0.05, 0) is 30.8 Å². The molecule has 21 heavy (non-hydrogen) atoms. The number of hydrogen-bond donors (Lipinski definition) is 1. The third kappa shape index (κ3) is 2.70. The molecule has 3 atom stereocenters. The molecule has 1 aromatic rings. The van der Waals surface area contributed by atoms with Gasteiger partial charge in [0.15, 0.2) is 0 Å². The number of nitrogens with one attached hydrogen (secondary N) is 1. The van der Waals surface area contributed by atoms with Gasteiger partial charge in [-0.15, -0.1) is 11.3 Å². The topological polar surface area (TPSA) is 52.7 Å². The fourth-order valence-electron chi connectivity index (χ4n) is 3.57. The van der Waals surface area contributed by atoms with Gasteiger partial charge in [0.25, 0.3) is 0 Å². The minimum Gasteiger partial charge on any atom is -0.358 e. The normalized spacial score (nSPS) is 28.7. The summed E-state index contributed by atoms with van der Waals surface area (Å²) in [4.78, 5) is 29.4. The van der Waals surface area contributed by atoms with Crippen molar-refractivity contribution in [3.8, 4) is 0 Å². The number of rotatable bonds is 3. The first-order valence-electron chi connectivity index (χ1n) is 7.34. The molecule has 0 aliphatic carbocycles. The van der Waals surface area contributed by atoms with Crippen LogP contribution in [0.15, 0.2) is 17.5 Å². The Bertz CT molecular complexity index is 531. The molecule has 2 aliphatic rings. The monoisotopic (exact) mass is 307 g/mol. The highest BCUT2D eigenvalue weighted by atomic mass is 32.1. The number of hydrogen-bond acceptors (Lipinski definition) is 4. The summed E-state index contributed by atoms with van der Waals surface area (Å²) >= 11 is 1.63. The predicted octanol–water partition coefficient (Wildman–Crippen LogP) is 0.568. The zero-order valence-corrected chi connectivity index (χ0v) is 13.2. The van der Waals surface area contributed by atoms with Crippen molar-refractivity contribution in [2.24, 2.45) is 5.92 Å². The average Bonchev–Trinajstić information content (AvgIpc) is 3.16. The van der Waals surface area contributed by atoms with Crippen molar-refractivity contribution in [2.45, 2.75) is 24.9 Å². The number of nitrogens with zero attached hydrogens (tertiary/aromatic N) is 2. The third-order valence-corrected chi connectivity index (χ3v) is 5.63. The molecule has 2 saturated heterocycles. The van der Waals surface area contributed by atoms with Gasteiger partial charge in [0.1, 0.15) is 0 Å². The van der Waals surface area contributed by atoms with E-state index in [9.17, 15) is 9.59 Å². The van der Waals surface area contributed by atoms with E-state index in [0.29, 0.717) is 18.4 Å². The number of carbonyl (C=O) groups is 2. The quantitative estimate of drug-likeness (QED) is 0.888. The van der Waals surface area contributed by atoms with E-state index < -0.39 is 0 Å². The predicted molar refractivity (Wildman–Crippen MR) is 82.1 cm³/mol. The van der Waals surface area contributed by atoms with Crippen LogP contribution in [0, 0.1) is 5.92 Å². The molecule has 2 fully saturated rings. The van der Waals surface area contributed by atoms with Gasteiger partial charge in [-0.1, -0.05) is 6.07 Å². The van der Waals surface area contributed by atoms with Crippen molar-refractivity contribution < 1.29 is 9.59 Å². The zero-order valence-electron chi connectivity index (χ0n) is 12.4. The maximum absolute atomic E-state index is 12.4. The summed E-state index contributed by atoms with van der Waals surface area (Å²) < 4.78 is 0. The number of thiophene rings is 1. The summed E-state index contributed by atoms with van der Waals surface area (Å²) in [6.45, 7) is 1.53. The van der Waals surface area contributed by atoms with E-state index in [2.05, 4.69) is 10.2 Å². The smallest absolute Gasteiger partial charge is 0.237 e. The van der Waals surface area contributed by atoms with E-state index in [-0.39, 0.29) is 17.9 Å². The van der Waals surface area contributed by atoms with E-state index in [1.54, 1.807) is 18.4 Å². The lowest BCUT2D eigenvalue weighted by molar-refractivity contribution is -0.130. The second-order valence-electron chi connectivity index (χ2n) is 5.91. The number of likely N-dealkylation sites (N-methyl/N-ethyl adjacent to an activating group) is 2. The molecular formula is C15H21N3O2S. The highest BCUT2D eigenvalue weighted by Gasteiger charge is 2.47. The van der Waals surface area contributed by atoms with Crippen LogP contribution in [0.3, 0.4) is 0 Å². The van der Waals surface area contributed by atoms with Gasteiger partial charge >= 0.3 is 0 Å². The number of likely N-dealkylation sites (tertiary alicyclic amines) is 2.